The highest BCUT2D eigenvalue weighted by Crippen LogP contribution is 2.37. The van der Waals surface area contributed by atoms with Gasteiger partial charge in [-0.1, -0.05) is 23.8 Å². The fourth-order valence-electron chi connectivity index (χ4n) is 3.19. The summed E-state index contributed by atoms with van der Waals surface area (Å²) in [5, 5.41) is 2.83. The molecule has 1 saturated heterocycles. The number of hydrogen-bond donors (Lipinski definition) is 1. The summed E-state index contributed by atoms with van der Waals surface area (Å²) in [6, 6.07) is 13.1. The van der Waals surface area contributed by atoms with Gasteiger partial charge in [0, 0.05) is 17.2 Å². The number of amides is 3. The first-order valence-corrected chi connectivity index (χ1v) is 9.70. The van der Waals surface area contributed by atoms with Gasteiger partial charge < -0.3 is 14.8 Å². The van der Waals surface area contributed by atoms with E-state index in [4.69, 9.17) is 9.47 Å². The molecular weight excluding hydrogens is 364 g/mol. The number of rotatable bonds is 5. The van der Waals surface area contributed by atoms with E-state index in [1.165, 1.54) is 10.5 Å². The molecule has 140 valence electrons. The van der Waals surface area contributed by atoms with Gasteiger partial charge in [0.05, 0.1) is 0 Å². The number of benzene rings is 2. The van der Waals surface area contributed by atoms with Gasteiger partial charge in [0.2, 0.25) is 6.79 Å². The molecule has 2 aromatic rings. The van der Waals surface area contributed by atoms with E-state index >= 15 is 0 Å². The zero-order valence-electron chi connectivity index (χ0n) is 15.2. The van der Waals surface area contributed by atoms with Crippen LogP contribution in [0.15, 0.2) is 47.4 Å². The van der Waals surface area contributed by atoms with E-state index in [1.807, 2.05) is 31.2 Å². The number of nitrogens with zero attached hydrogens (tertiary/aromatic N) is 1. The number of urea groups is 1. The number of carbonyl (C=O) groups is 2. The molecule has 0 saturated carbocycles. The second-order valence-corrected chi connectivity index (χ2v) is 7.91. The third kappa shape index (κ3) is 3.23. The molecule has 0 radical (unpaired) electrons. The van der Waals surface area contributed by atoms with Gasteiger partial charge in [0.1, 0.15) is 5.54 Å². The van der Waals surface area contributed by atoms with Gasteiger partial charge >= 0.3 is 6.03 Å². The Bertz CT molecular complexity index is 899. The molecule has 0 bridgehead atoms. The van der Waals surface area contributed by atoms with Gasteiger partial charge in [-0.3, -0.25) is 9.69 Å². The lowest BCUT2D eigenvalue weighted by atomic mass is 9.91. The molecule has 1 N–H and O–H groups in total. The molecule has 1 atom stereocenters. The summed E-state index contributed by atoms with van der Waals surface area (Å²) in [6.45, 7) is 4.28. The van der Waals surface area contributed by atoms with Gasteiger partial charge in [-0.2, -0.15) is 0 Å². The summed E-state index contributed by atoms with van der Waals surface area (Å²) in [4.78, 5) is 27.8. The Morgan fingerprint density at radius 3 is 2.63 bits per heavy atom. The highest BCUT2D eigenvalue weighted by atomic mass is 32.2. The third-order valence-electron chi connectivity index (χ3n) is 4.83. The van der Waals surface area contributed by atoms with Crippen molar-refractivity contribution in [3.05, 3.63) is 53.6 Å². The van der Waals surface area contributed by atoms with Crippen molar-refractivity contribution in [2.75, 3.05) is 19.1 Å². The first kappa shape index (κ1) is 17.7. The van der Waals surface area contributed by atoms with Crippen molar-refractivity contribution in [3.63, 3.8) is 0 Å². The molecule has 0 aromatic heterocycles. The highest BCUT2D eigenvalue weighted by Gasteiger charge is 2.49. The first-order valence-electron chi connectivity index (χ1n) is 8.71. The third-order valence-corrected chi connectivity index (χ3v) is 5.82. The first-order chi connectivity index (χ1) is 13.0. The summed E-state index contributed by atoms with van der Waals surface area (Å²) in [7, 11) is 0. The minimum atomic E-state index is -1.10. The Hall–Kier alpha value is -2.67. The van der Waals surface area contributed by atoms with Gasteiger partial charge in [0.15, 0.2) is 11.5 Å². The molecule has 2 aromatic carbocycles. The van der Waals surface area contributed by atoms with Crippen LogP contribution in [-0.2, 0) is 10.3 Å². The van der Waals surface area contributed by atoms with Crippen LogP contribution in [0.5, 0.6) is 11.5 Å². The van der Waals surface area contributed by atoms with E-state index in [0.717, 1.165) is 4.90 Å². The fourth-order valence-corrected chi connectivity index (χ4v) is 4.03. The summed E-state index contributed by atoms with van der Waals surface area (Å²) < 4.78 is 10.7. The summed E-state index contributed by atoms with van der Waals surface area (Å²) >= 11 is 1.62. The second kappa shape index (κ2) is 6.81. The highest BCUT2D eigenvalue weighted by molar-refractivity contribution is 7.99. The van der Waals surface area contributed by atoms with Crippen molar-refractivity contribution in [1.29, 1.82) is 0 Å². The maximum Gasteiger partial charge on any atom is 0.325 e. The van der Waals surface area contributed by atoms with Crippen LogP contribution in [0, 0.1) is 6.92 Å². The fraction of sp³-hybridized carbons (Fsp3) is 0.300. The smallest absolute Gasteiger partial charge is 0.325 e. The number of hydrogen-bond acceptors (Lipinski definition) is 5. The number of imide groups is 1. The number of nitrogens with one attached hydrogen (secondary N) is 1. The summed E-state index contributed by atoms with van der Waals surface area (Å²) in [5.41, 5.74) is 0.777. The molecule has 6 nitrogen and oxygen atoms in total. The van der Waals surface area contributed by atoms with E-state index in [0.29, 0.717) is 29.4 Å². The van der Waals surface area contributed by atoms with Crippen LogP contribution in [0.1, 0.15) is 18.1 Å². The lowest BCUT2D eigenvalue weighted by molar-refractivity contribution is -0.130. The van der Waals surface area contributed by atoms with Crippen LogP contribution in [0.4, 0.5) is 4.79 Å². The van der Waals surface area contributed by atoms with Crippen LogP contribution in [0.3, 0.4) is 0 Å². The minimum absolute atomic E-state index is 0.165. The average molecular weight is 384 g/mol. The largest absolute Gasteiger partial charge is 0.454 e. The molecule has 4 rings (SSSR count). The van der Waals surface area contributed by atoms with E-state index in [2.05, 4.69) is 5.32 Å². The molecular formula is C20H20N2O4S. The molecule has 2 heterocycles. The predicted octanol–water partition coefficient (Wildman–Crippen LogP) is 3.28. The Labute approximate surface area is 161 Å². The molecule has 1 unspecified atom stereocenters. The molecule has 3 amide bonds. The van der Waals surface area contributed by atoms with Crippen LogP contribution >= 0.6 is 11.8 Å². The van der Waals surface area contributed by atoms with E-state index in [9.17, 15) is 9.59 Å². The standard InChI is InChI=1S/C20H20N2O4S/c1-13-3-6-15(7-4-13)27-10-9-22-18(23)20(2,21-19(22)24)14-5-8-16-17(11-14)26-12-25-16/h3-8,11H,9-10,12H2,1-2H3,(H,21,24). The molecule has 0 aliphatic carbocycles. The number of thioether (sulfide) groups is 1. The maximum absolute atomic E-state index is 13.0. The van der Waals surface area contributed by atoms with Gasteiger partial charge in [0.25, 0.3) is 5.91 Å². The number of fused-ring (bicyclic) bond motifs is 1. The normalized spacial score (nSPS) is 20.9. The molecule has 27 heavy (non-hydrogen) atoms. The van der Waals surface area contributed by atoms with Crippen molar-refractivity contribution in [3.8, 4) is 11.5 Å². The Kier molecular flexibility index (Phi) is 4.47. The maximum atomic E-state index is 13.0. The lowest BCUT2D eigenvalue weighted by Gasteiger charge is -2.22. The van der Waals surface area contributed by atoms with E-state index in [-0.39, 0.29) is 18.7 Å². The predicted molar refractivity (Wildman–Crippen MR) is 102 cm³/mol. The SMILES string of the molecule is Cc1ccc(SCCN2C(=O)NC(C)(c3ccc4c(c3)OCO4)C2=O)cc1. The van der Waals surface area contributed by atoms with Crippen LogP contribution in [-0.4, -0.2) is 35.9 Å². The van der Waals surface area contributed by atoms with E-state index in [1.54, 1.807) is 36.9 Å². The average Bonchev–Trinajstić information content (AvgIpc) is 3.21. The quantitative estimate of drug-likeness (QED) is 0.633. The van der Waals surface area contributed by atoms with Crippen molar-refractivity contribution >= 4 is 23.7 Å². The molecule has 0 spiro atoms. The molecule has 1 fully saturated rings. The van der Waals surface area contributed by atoms with Crippen molar-refractivity contribution in [2.45, 2.75) is 24.3 Å². The van der Waals surface area contributed by atoms with Crippen LogP contribution in [0.25, 0.3) is 0 Å². The molecule has 2 aliphatic heterocycles. The topological polar surface area (TPSA) is 67.9 Å². The van der Waals surface area contributed by atoms with Gasteiger partial charge in [-0.25, -0.2) is 4.79 Å². The number of carbonyl (C=O) groups excluding carboxylic acids is 2. The molecule has 2 aliphatic rings. The lowest BCUT2D eigenvalue weighted by Crippen LogP contribution is -2.41. The molecule has 7 heteroatoms. The number of ether oxygens (including phenoxy) is 2. The monoisotopic (exact) mass is 384 g/mol. The van der Waals surface area contributed by atoms with Crippen molar-refractivity contribution in [2.24, 2.45) is 0 Å². The summed E-state index contributed by atoms with van der Waals surface area (Å²) in [5.74, 6) is 1.62. The Morgan fingerprint density at radius 2 is 1.85 bits per heavy atom. The van der Waals surface area contributed by atoms with Crippen molar-refractivity contribution in [1.82, 2.24) is 10.2 Å². The summed E-state index contributed by atoms with van der Waals surface area (Å²) in [6.07, 6.45) is 0. The zero-order valence-corrected chi connectivity index (χ0v) is 16.0. The number of aryl methyl sites for hydroxylation is 1. The minimum Gasteiger partial charge on any atom is -0.454 e. The van der Waals surface area contributed by atoms with E-state index < -0.39 is 5.54 Å². The Balaban J connectivity index is 1.45. The Morgan fingerprint density at radius 1 is 1.11 bits per heavy atom. The van der Waals surface area contributed by atoms with Gasteiger partial charge in [-0.15, -0.1) is 11.8 Å². The zero-order chi connectivity index (χ0) is 19.0. The van der Waals surface area contributed by atoms with Crippen molar-refractivity contribution < 1.29 is 19.1 Å². The van der Waals surface area contributed by atoms with Crippen LogP contribution in [0.2, 0.25) is 0 Å². The van der Waals surface area contributed by atoms with Crippen LogP contribution < -0.4 is 14.8 Å². The second-order valence-electron chi connectivity index (χ2n) is 6.74. The van der Waals surface area contributed by atoms with Gasteiger partial charge in [-0.05, 0) is 43.7 Å².